The summed E-state index contributed by atoms with van der Waals surface area (Å²) in [5.41, 5.74) is 5.80. The number of nitrogens with zero attached hydrogens (tertiary/aromatic N) is 1. The average Bonchev–Trinajstić information content (AvgIpc) is 1.88. The molecular formula is C6H11N3O. The molecule has 1 saturated heterocycles. The Kier molecular flexibility index (Phi) is 2.39. The molecule has 56 valence electrons. The second kappa shape index (κ2) is 3.31. The molecular weight excluding hydrogens is 130 g/mol. The van der Waals surface area contributed by atoms with Crippen LogP contribution in [0.5, 0.6) is 0 Å². The van der Waals surface area contributed by atoms with Crippen molar-refractivity contribution < 1.29 is 4.79 Å². The average molecular weight is 141 g/mol. The highest BCUT2D eigenvalue weighted by molar-refractivity contribution is 5.95. The van der Waals surface area contributed by atoms with Gasteiger partial charge < -0.3 is 11.1 Å². The molecule has 0 radical (unpaired) electrons. The molecule has 2 amide bonds. The van der Waals surface area contributed by atoms with Crippen molar-refractivity contribution in [2.45, 2.75) is 12.8 Å². The second-order valence-corrected chi connectivity index (χ2v) is 2.27. The fourth-order valence-electron chi connectivity index (χ4n) is 0.983. The van der Waals surface area contributed by atoms with E-state index in [4.69, 9.17) is 5.73 Å². The van der Waals surface area contributed by atoms with Crippen molar-refractivity contribution in [1.29, 1.82) is 0 Å². The quantitative estimate of drug-likeness (QED) is 0.494. The summed E-state index contributed by atoms with van der Waals surface area (Å²) in [4.78, 5) is 13.9. The van der Waals surface area contributed by atoms with Crippen molar-refractivity contribution in [2.24, 2.45) is 10.7 Å². The molecule has 3 N–H and O–H groups in total. The van der Waals surface area contributed by atoms with Gasteiger partial charge in [0.2, 0.25) is 0 Å². The smallest absolute Gasteiger partial charge is 0.338 e. The van der Waals surface area contributed by atoms with E-state index in [2.05, 4.69) is 10.3 Å². The number of nitrogens with one attached hydrogen (secondary N) is 1. The molecule has 1 fully saturated rings. The van der Waals surface area contributed by atoms with Gasteiger partial charge in [-0.05, 0) is 12.8 Å². The number of amides is 2. The molecule has 0 unspecified atom stereocenters. The van der Waals surface area contributed by atoms with E-state index >= 15 is 0 Å². The number of piperidine rings is 1. The summed E-state index contributed by atoms with van der Waals surface area (Å²) in [5.74, 6) is 0. The molecule has 0 saturated carbocycles. The lowest BCUT2D eigenvalue weighted by Crippen LogP contribution is -2.28. The predicted octanol–water partition coefficient (Wildman–Crippen LogP) is -0.111. The number of hydrogen-bond donors (Lipinski definition) is 2. The highest BCUT2D eigenvalue weighted by atomic mass is 16.2. The van der Waals surface area contributed by atoms with Crippen molar-refractivity contribution >= 4 is 11.7 Å². The number of rotatable bonds is 0. The monoisotopic (exact) mass is 141 g/mol. The van der Waals surface area contributed by atoms with Crippen LogP contribution in [0.3, 0.4) is 0 Å². The lowest BCUT2D eigenvalue weighted by Gasteiger charge is -2.12. The van der Waals surface area contributed by atoms with Gasteiger partial charge in [-0.3, -0.25) is 0 Å². The second-order valence-electron chi connectivity index (χ2n) is 2.27. The van der Waals surface area contributed by atoms with Gasteiger partial charge in [-0.15, -0.1) is 0 Å². The Labute approximate surface area is 59.5 Å². The summed E-state index contributed by atoms with van der Waals surface area (Å²) in [5, 5.41) is 3.16. The molecule has 1 aliphatic heterocycles. The minimum absolute atomic E-state index is 0.572. The van der Waals surface area contributed by atoms with E-state index in [0.29, 0.717) is 0 Å². The maximum absolute atomic E-state index is 10.3. The molecule has 1 rings (SSSR count). The Balaban J connectivity index is 2.45. The largest absolute Gasteiger partial charge is 0.350 e. The van der Waals surface area contributed by atoms with E-state index in [1.807, 2.05) is 0 Å². The van der Waals surface area contributed by atoms with Crippen LogP contribution in [-0.4, -0.2) is 24.8 Å². The van der Waals surface area contributed by atoms with Crippen LogP contribution in [0.1, 0.15) is 12.8 Å². The van der Waals surface area contributed by atoms with Gasteiger partial charge >= 0.3 is 6.03 Å². The number of primary amides is 1. The molecule has 0 spiro atoms. The number of nitrogens with two attached hydrogens (primary N) is 1. The lowest BCUT2D eigenvalue weighted by atomic mass is 10.1. The molecule has 4 heteroatoms. The molecule has 4 nitrogen and oxygen atoms in total. The third kappa shape index (κ3) is 2.14. The highest BCUT2D eigenvalue weighted by Crippen LogP contribution is 1.97. The fourth-order valence-corrected chi connectivity index (χ4v) is 0.983. The van der Waals surface area contributed by atoms with E-state index in [9.17, 15) is 4.79 Å². The van der Waals surface area contributed by atoms with Crippen molar-refractivity contribution in [3.63, 3.8) is 0 Å². The minimum atomic E-state index is -0.572. The Morgan fingerprint density at radius 2 is 2.10 bits per heavy atom. The third-order valence-electron chi connectivity index (χ3n) is 1.45. The Morgan fingerprint density at radius 1 is 1.50 bits per heavy atom. The van der Waals surface area contributed by atoms with E-state index in [1.165, 1.54) is 0 Å². The van der Waals surface area contributed by atoms with Gasteiger partial charge in [-0.1, -0.05) is 0 Å². The zero-order chi connectivity index (χ0) is 7.40. The molecule has 0 aliphatic carbocycles. The highest BCUT2D eigenvalue weighted by Gasteiger charge is 2.05. The predicted molar refractivity (Wildman–Crippen MR) is 39.1 cm³/mol. The minimum Gasteiger partial charge on any atom is -0.350 e. The molecule has 1 heterocycles. The topological polar surface area (TPSA) is 67.5 Å². The molecule has 0 aromatic carbocycles. The number of hydrogen-bond acceptors (Lipinski definition) is 2. The first-order valence-electron chi connectivity index (χ1n) is 3.35. The van der Waals surface area contributed by atoms with Crippen LogP contribution in [0.4, 0.5) is 4.79 Å². The van der Waals surface area contributed by atoms with Gasteiger partial charge in [0.05, 0.1) is 0 Å². The summed E-state index contributed by atoms with van der Waals surface area (Å²) in [7, 11) is 0. The third-order valence-corrected chi connectivity index (χ3v) is 1.45. The van der Waals surface area contributed by atoms with Crippen LogP contribution >= 0.6 is 0 Å². The van der Waals surface area contributed by atoms with Gasteiger partial charge in [-0.25, -0.2) is 9.79 Å². The summed E-state index contributed by atoms with van der Waals surface area (Å²) >= 11 is 0. The van der Waals surface area contributed by atoms with Gasteiger partial charge in [0, 0.05) is 18.8 Å². The fraction of sp³-hybridized carbons (Fsp3) is 0.667. The molecule has 0 bridgehead atoms. The van der Waals surface area contributed by atoms with Gasteiger partial charge in [0.15, 0.2) is 0 Å². The first-order chi connectivity index (χ1) is 4.79. The number of urea groups is 1. The summed E-state index contributed by atoms with van der Waals surface area (Å²) in [6.45, 7) is 1.82. The van der Waals surface area contributed by atoms with E-state index in [0.717, 1.165) is 31.6 Å². The molecule has 0 aromatic rings. The Bertz CT molecular complexity index is 156. The number of carbonyl (C=O) groups excluding carboxylic acids is 1. The summed E-state index contributed by atoms with van der Waals surface area (Å²) < 4.78 is 0. The van der Waals surface area contributed by atoms with E-state index in [1.54, 1.807) is 0 Å². The lowest BCUT2D eigenvalue weighted by molar-refractivity contribution is 0.256. The van der Waals surface area contributed by atoms with E-state index in [-0.39, 0.29) is 0 Å². The van der Waals surface area contributed by atoms with Gasteiger partial charge in [0.25, 0.3) is 0 Å². The molecule has 0 atom stereocenters. The molecule has 0 aromatic heterocycles. The number of carbonyl (C=O) groups is 1. The van der Waals surface area contributed by atoms with E-state index < -0.39 is 6.03 Å². The zero-order valence-electron chi connectivity index (χ0n) is 5.76. The molecule has 10 heavy (non-hydrogen) atoms. The summed E-state index contributed by atoms with van der Waals surface area (Å²) in [6, 6.07) is -0.572. The van der Waals surface area contributed by atoms with Crippen molar-refractivity contribution in [3.8, 4) is 0 Å². The van der Waals surface area contributed by atoms with Gasteiger partial charge in [0.1, 0.15) is 0 Å². The van der Waals surface area contributed by atoms with Gasteiger partial charge in [-0.2, -0.15) is 0 Å². The normalized spacial score (nSPS) is 18.6. The Hall–Kier alpha value is -0.900. The molecule has 1 aliphatic rings. The first-order valence-corrected chi connectivity index (χ1v) is 3.35. The Morgan fingerprint density at radius 3 is 2.60 bits per heavy atom. The van der Waals surface area contributed by atoms with Crippen LogP contribution in [0.15, 0.2) is 4.99 Å². The van der Waals surface area contributed by atoms with Crippen LogP contribution in [0, 0.1) is 0 Å². The standard InChI is InChI=1S/C6H11N3O/c7-6(10)9-5-1-3-8-4-2-5/h8H,1-4H2,(H2,7,10). The van der Waals surface area contributed by atoms with Crippen LogP contribution in [-0.2, 0) is 0 Å². The van der Waals surface area contributed by atoms with Crippen LogP contribution in [0.25, 0.3) is 0 Å². The zero-order valence-corrected chi connectivity index (χ0v) is 5.76. The summed E-state index contributed by atoms with van der Waals surface area (Å²) in [6.07, 6.45) is 1.70. The van der Waals surface area contributed by atoms with Crippen LogP contribution < -0.4 is 11.1 Å². The van der Waals surface area contributed by atoms with Crippen molar-refractivity contribution in [1.82, 2.24) is 5.32 Å². The SMILES string of the molecule is NC(=O)N=C1CCNCC1. The van der Waals surface area contributed by atoms with Crippen molar-refractivity contribution in [3.05, 3.63) is 0 Å². The maximum Gasteiger partial charge on any atom is 0.338 e. The van der Waals surface area contributed by atoms with Crippen molar-refractivity contribution in [2.75, 3.05) is 13.1 Å². The maximum atomic E-state index is 10.3. The first kappa shape index (κ1) is 7.21. The van der Waals surface area contributed by atoms with Crippen LogP contribution in [0.2, 0.25) is 0 Å². The number of aliphatic imine (C=N–C) groups is 1.